The number of carbonyl (C=O) groups is 2. The summed E-state index contributed by atoms with van der Waals surface area (Å²) in [7, 11) is 0. The zero-order chi connectivity index (χ0) is 18.2. The minimum absolute atomic E-state index is 0.164. The van der Waals surface area contributed by atoms with Gasteiger partial charge in [0, 0.05) is 17.6 Å². The van der Waals surface area contributed by atoms with Crippen LogP contribution in [0.5, 0.6) is 5.75 Å². The van der Waals surface area contributed by atoms with Gasteiger partial charge in [0.2, 0.25) is 0 Å². The summed E-state index contributed by atoms with van der Waals surface area (Å²) in [4.78, 5) is 24.3. The summed E-state index contributed by atoms with van der Waals surface area (Å²) >= 11 is 0. The predicted molar refractivity (Wildman–Crippen MR) is 80.7 cm³/mol. The third-order valence-electron chi connectivity index (χ3n) is 4.24. The number of benzene rings is 1. The van der Waals surface area contributed by atoms with Crippen LogP contribution in [0, 0.1) is 5.92 Å². The van der Waals surface area contributed by atoms with Crippen molar-refractivity contribution in [2.24, 2.45) is 5.92 Å². The molecular weight excluding hydrogens is 341 g/mol. The van der Waals surface area contributed by atoms with Gasteiger partial charge >= 0.3 is 6.36 Å². The fourth-order valence-electron chi connectivity index (χ4n) is 3.16. The first kappa shape index (κ1) is 17.1. The Balaban J connectivity index is 1.73. The van der Waals surface area contributed by atoms with Crippen LogP contribution in [0.4, 0.5) is 18.9 Å². The molecule has 0 aromatic heterocycles. The van der Waals surface area contributed by atoms with E-state index >= 15 is 0 Å². The lowest BCUT2D eigenvalue weighted by atomic mass is 9.92. The van der Waals surface area contributed by atoms with Gasteiger partial charge in [-0.05, 0) is 37.1 Å². The molecule has 1 saturated carbocycles. The van der Waals surface area contributed by atoms with Crippen LogP contribution < -0.4 is 15.4 Å². The molecule has 2 aliphatic rings. The molecule has 1 aromatic rings. The van der Waals surface area contributed by atoms with Crippen LogP contribution in [0.1, 0.15) is 19.3 Å². The number of ether oxygens (including phenoxy) is 1. The van der Waals surface area contributed by atoms with Crippen LogP contribution >= 0.6 is 0 Å². The minimum Gasteiger partial charge on any atom is -0.511 e. The SMILES string of the molecule is O=C(Nc1ccc(OC(F)(F)F)cc1)C1=C(O)[C@@H]2CCC[C@@H]2NC1=O. The maximum atomic E-state index is 12.3. The summed E-state index contributed by atoms with van der Waals surface area (Å²) in [6.45, 7) is 0. The molecule has 0 saturated heterocycles. The van der Waals surface area contributed by atoms with Crippen LogP contribution in [0.25, 0.3) is 0 Å². The third kappa shape index (κ3) is 3.70. The van der Waals surface area contributed by atoms with Crippen molar-refractivity contribution >= 4 is 17.5 Å². The minimum atomic E-state index is -4.81. The molecule has 1 aliphatic heterocycles. The Labute approximate surface area is 140 Å². The van der Waals surface area contributed by atoms with Gasteiger partial charge in [0.1, 0.15) is 17.1 Å². The van der Waals surface area contributed by atoms with Gasteiger partial charge in [0.05, 0.1) is 0 Å². The highest BCUT2D eigenvalue weighted by Crippen LogP contribution is 2.35. The molecule has 2 atom stereocenters. The molecule has 0 unspecified atom stereocenters. The van der Waals surface area contributed by atoms with Crippen molar-refractivity contribution in [1.82, 2.24) is 5.32 Å². The number of aliphatic hydroxyl groups is 1. The lowest BCUT2D eigenvalue weighted by molar-refractivity contribution is -0.274. The van der Waals surface area contributed by atoms with Crippen molar-refractivity contribution in [3.63, 3.8) is 0 Å². The first-order chi connectivity index (χ1) is 11.7. The first-order valence-corrected chi connectivity index (χ1v) is 7.66. The number of aliphatic hydroxyl groups excluding tert-OH is 1. The van der Waals surface area contributed by atoms with E-state index in [2.05, 4.69) is 15.4 Å². The van der Waals surface area contributed by atoms with Crippen LogP contribution in [0.15, 0.2) is 35.6 Å². The molecule has 25 heavy (non-hydrogen) atoms. The fourth-order valence-corrected chi connectivity index (χ4v) is 3.16. The van der Waals surface area contributed by atoms with E-state index in [0.29, 0.717) is 6.42 Å². The van der Waals surface area contributed by atoms with Crippen molar-refractivity contribution in [2.75, 3.05) is 5.32 Å². The second-order valence-corrected chi connectivity index (χ2v) is 5.90. The number of carbonyl (C=O) groups excluding carboxylic acids is 2. The number of amides is 2. The second kappa shape index (κ2) is 6.30. The Morgan fingerprint density at radius 1 is 1.24 bits per heavy atom. The average Bonchev–Trinajstić information content (AvgIpc) is 2.96. The molecule has 1 fully saturated rings. The van der Waals surface area contributed by atoms with Gasteiger partial charge in [-0.3, -0.25) is 9.59 Å². The van der Waals surface area contributed by atoms with Gasteiger partial charge in [-0.2, -0.15) is 0 Å². The van der Waals surface area contributed by atoms with Crippen LogP contribution in [-0.2, 0) is 9.59 Å². The van der Waals surface area contributed by atoms with Crippen molar-refractivity contribution in [1.29, 1.82) is 0 Å². The Hall–Kier alpha value is -2.71. The summed E-state index contributed by atoms with van der Waals surface area (Å²) < 4.78 is 40.1. The lowest BCUT2D eigenvalue weighted by Crippen LogP contribution is -2.46. The van der Waals surface area contributed by atoms with Crippen LogP contribution in [0.3, 0.4) is 0 Å². The van der Waals surface area contributed by atoms with Crippen molar-refractivity contribution in [2.45, 2.75) is 31.7 Å². The maximum absolute atomic E-state index is 12.3. The smallest absolute Gasteiger partial charge is 0.511 e. The van der Waals surface area contributed by atoms with E-state index in [0.717, 1.165) is 25.0 Å². The van der Waals surface area contributed by atoms with Gasteiger partial charge in [-0.1, -0.05) is 6.42 Å². The third-order valence-corrected chi connectivity index (χ3v) is 4.24. The van der Waals surface area contributed by atoms with Gasteiger partial charge < -0.3 is 20.5 Å². The van der Waals surface area contributed by atoms with E-state index in [-0.39, 0.29) is 29.0 Å². The van der Waals surface area contributed by atoms with Crippen LogP contribution in [-0.4, -0.2) is 29.3 Å². The Bertz CT molecular complexity index is 728. The standard InChI is InChI=1S/C16H15F3N2O4/c17-16(18,19)25-9-6-4-8(5-7-9)20-14(23)12-13(22)10-2-1-3-11(10)21-15(12)24/h4-7,10-11,22H,1-3H2,(H,20,23)(H,21,24)/t10-,11+/m1/s1. The van der Waals surface area contributed by atoms with Crippen molar-refractivity contribution in [3.8, 4) is 5.75 Å². The number of alkyl halides is 3. The number of hydrogen-bond acceptors (Lipinski definition) is 4. The summed E-state index contributed by atoms with van der Waals surface area (Å²) in [5.41, 5.74) is -0.195. The molecule has 2 amide bonds. The molecule has 0 spiro atoms. The summed E-state index contributed by atoms with van der Waals surface area (Å²) in [5, 5.41) is 15.3. The highest BCUT2D eigenvalue weighted by molar-refractivity contribution is 6.23. The van der Waals surface area contributed by atoms with Crippen molar-refractivity contribution < 1.29 is 32.6 Å². The second-order valence-electron chi connectivity index (χ2n) is 5.90. The number of nitrogens with one attached hydrogen (secondary N) is 2. The quantitative estimate of drug-likeness (QED) is 0.727. The molecule has 9 heteroatoms. The number of hydrogen-bond donors (Lipinski definition) is 3. The summed E-state index contributed by atoms with van der Waals surface area (Å²) in [6.07, 6.45) is -2.54. The van der Waals surface area contributed by atoms with E-state index in [1.807, 2.05) is 0 Å². The zero-order valence-corrected chi connectivity index (χ0v) is 12.9. The molecule has 6 nitrogen and oxygen atoms in total. The van der Waals surface area contributed by atoms with Gasteiger partial charge in [-0.25, -0.2) is 0 Å². The molecule has 3 N–H and O–H groups in total. The number of fused-ring (bicyclic) bond motifs is 1. The number of halogens is 3. The van der Waals surface area contributed by atoms with E-state index in [1.54, 1.807) is 0 Å². The Morgan fingerprint density at radius 3 is 2.56 bits per heavy atom. The summed E-state index contributed by atoms with van der Waals surface area (Å²) in [6, 6.07) is 4.31. The Kier molecular flexibility index (Phi) is 4.32. The lowest BCUT2D eigenvalue weighted by Gasteiger charge is -2.27. The Morgan fingerprint density at radius 2 is 1.92 bits per heavy atom. The molecule has 0 radical (unpaired) electrons. The fraction of sp³-hybridized carbons (Fsp3) is 0.375. The van der Waals surface area contributed by atoms with E-state index in [1.165, 1.54) is 12.1 Å². The molecule has 1 aliphatic carbocycles. The normalized spacial score (nSPS) is 23.1. The van der Waals surface area contributed by atoms with E-state index < -0.39 is 23.9 Å². The first-order valence-electron chi connectivity index (χ1n) is 7.66. The van der Waals surface area contributed by atoms with E-state index in [4.69, 9.17) is 0 Å². The molecular formula is C16H15F3N2O4. The van der Waals surface area contributed by atoms with Gasteiger partial charge in [0.15, 0.2) is 0 Å². The average molecular weight is 356 g/mol. The zero-order valence-electron chi connectivity index (χ0n) is 12.9. The number of rotatable bonds is 3. The predicted octanol–water partition coefficient (Wildman–Crippen LogP) is 2.63. The van der Waals surface area contributed by atoms with Crippen LogP contribution in [0.2, 0.25) is 0 Å². The van der Waals surface area contributed by atoms with Crippen molar-refractivity contribution in [3.05, 3.63) is 35.6 Å². The monoisotopic (exact) mass is 356 g/mol. The number of anilines is 1. The molecule has 3 rings (SSSR count). The molecule has 1 heterocycles. The summed E-state index contributed by atoms with van der Waals surface area (Å²) in [5.74, 6) is -2.42. The highest BCUT2D eigenvalue weighted by Gasteiger charge is 2.41. The largest absolute Gasteiger partial charge is 0.573 e. The van der Waals surface area contributed by atoms with Gasteiger partial charge in [0.25, 0.3) is 11.8 Å². The topological polar surface area (TPSA) is 87.7 Å². The highest BCUT2D eigenvalue weighted by atomic mass is 19.4. The molecule has 0 bridgehead atoms. The van der Waals surface area contributed by atoms with E-state index in [9.17, 15) is 27.9 Å². The maximum Gasteiger partial charge on any atom is 0.573 e. The van der Waals surface area contributed by atoms with Gasteiger partial charge in [-0.15, -0.1) is 13.2 Å². The molecule has 134 valence electrons. The molecule has 1 aromatic carbocycles.